The van der Waals surface area contributed by atoms with Crippen LogP contribution in [0.2, 0.25) is 0 Å². The highest BCUT2D eigenvalue weighted by Crippen LogP contribution is 2.19. The highest BCUT2D eigenvalue weighted by molar-refractivity contribution is 7.09. The Bertz CT molecular complexity index is 490. The predicted octanol–water partition coefficient (Wildman–Crippen LogP) is 3.39. The summed E-state index contributed by atoms with van der Waals surface area (Å²) in [6.45, 7) is 8.06. The molecule has 0 spiro atoms. The molecule has 2 heterocycles. The minimum Gasteiger partial charge on any atom is -0.465 e. The summed E-state index contributed by atoms with van der Waals surface area (Å²) in [6.07, 6.45) is 0. The van der Waals surface area contributed by atoms with Crippen molar-refractivity contribution in [3.05, 3.63) is 45.5 Å². The van der Waals surface area contributed by atoms with E-state index in [2.05, 4.69) is 40.7 Å². The van der Waals surface area contributed by atoms with Crippen LogP contribution in [0.5, 0.6) is 0 Å². The fraction of sp³-hybridized carbons (Fsp3) is 0.467. The van der Waals surface area contributed by atoms with E-state index in [4.69, 9.17) is 4.42 Å². The maximum Gasteiger partial charge on any atom is 0.118 e. The minimum absolute atomic E-state index is 0.790. The molecule has 1 N–H and O–H groups in total. The average molecular weight is 278 g/mol. The van der Waals surface area contributed by atoms with Crippen LogP contribution in [0.15, 0.2) is 28.0 Å². The third kappa shape index (κ3) is 3.93. The zero-order chi connectivity index (χ0) is 13.7. The molecule has 0 amide bonds. The van der Waals surface area contributed by atoms with E-state index in [1.165, 1.54) is 10.4 Å². The van der Waals surface area contributed by atoms with Crippen molar-refractivity contribution < 1.29 is 4.42 Å². The molecule has 0 unspecified atom stereocenters. The molecule has 19 heavy (non-hydrogen) atoms. The van der Waals surface area contributed by atoms with Crippen molar-refractivity contribution in [2.45, 2.75) is 33.5 Å². The van der Waals surface area contributed by atoms with Crippen LogP contribution < -0.4 is 5.32 Å². The van der Waals surface area contributed by atoms with Crippen LogP contribution >= 0.6 is 11.3 Å². The number of furan rings is 1. The van der Waals surface area contributed by atoms with Crippen LogP contribution in [-0.4, -0.2) is 18.5 Å². The second-order valence-electron chi connectivity index (χ2n) is 4.71. The average Bonchev–Trinajstić information content (AvgIpc) is 3.00. The number of nitrogens with zero attached hydrogens (tertiary/aromatic N) is 1. The molecule has 0 atom stereocenters. The Morgan fingerprint density at radius 3 is 2.84 bits per heavy atom. The normalized spacial score (nSPS) is 11.4. The first-order chi connectivity index (χ1) is 9.22. The van der Waals surface area contributed by atoms with E-state index in [0.717, 1.165) is 37.7 Å². The molecule has 2 rings (SSSR count). The van der Waals surface area contributed by atoms with E-state index in [1.54, 1.807) is 0 Å². The van der Waals surface area contributed by atoms with Crippen LogP contribution in [0.1, 0.15) is 28.9 Å². The van der Waals surface area contributed by atoms with Crippen molar-refractivity contribution in [3.8, 4) is 0 Å². The second-order valence-corrected chi connectivity index (χ2v) is 5.74. The van der Waals surface area contributed by atoms with E-state index >= 15 is 0 Å². The minimum atomic E-state index is 0.790. The molecule has 0 saturated carbocycles. The van der Waals surface area contributed by atoms with Crippen LogP contribution in [0.4, 0.5) is 0 Å². The van der Waals surface area contributed by atoms with E-state index < -0.39 is 0 Å². The molecule has 3 nitrogen and oxygen atoms in total. The number of thiophene rings is 1. The third-order valence-electron chi connectivity index (χ3n) is 3.22. The van der Waals surface area contributed by atoms with Crippen molar-refractivity contribution in [1.82, 2.24) is 10.2 Å². The molecule has 0 aromatic carbocycles. The van der Waals surface area contributed by atoms with Gasteiger partial charge in [0.05, 0.1) is 6.54 Å². The topological polar surface area (TPSA) is 28.4 Å². The largest absolute Gasteiger partial charge is 0.465 e. The first-order valence-corrected chi connectivity index (χ1v) is 7.58. The molecule has 0 fully saturated rings. The quantitative estimate of drug-likeness (QED) is 0.841. The Kier molecular flexibility index (Phi) is 5.19. The third-order valence-corrected chi connectivity index (χ3v) is 4.08. The van der Waals surface area contributed by atoms with Crippen molar-refractivity contribution in [2.75, 3.05) is 13.6 Å². The maximum atomic E-state index is 5.75. The maximum absolute atomic E-state index is 5.75. The Hall–Kier alpha value is -1.10. The van der Waals surface area contributed by atoms with Gasteiger partial charge in [0.15, 0.2) is 0 Å². The van der Waals surface area contributed by atoms with Gasteiger partial charge in [0.25, 0.3) is 0 Å². The van der Waals surface area contributed by atoms with Gasteiger partial charge in [0.1, 0.15) is 11.5 Å². The Morgan fingerprint density at radius 2 is 2.21 bits per heavy atom. The number of aryl methyl sites for hydroxylation is 1. The van der Waals surface area contributed by atoms with E-state index in [9.17, 15) is 0 Å². The van der Waals surface area contributed by atoms with Gasteiger partial charge in [-0.05, 0) is 38.0 Å². The lowest BCUT2D eigenvalue weighted by atomic mass is 10.2. The highest BCUT2D eigenvalue weighted by atomic mass is 32.1. The molecular formula is C15H22N2OS. The molecule has 0 bridgehead atoms. The zero-order valence-corrected chi connectivity index (χ0v) is 12.7. The van der Waals surface area contributed by atoms with Gasteiger partial charge in [0.2, 0.25) is 0 Å². The summed E-state index contributed by atoms with van der Waals surface area (Å²) in [6, 6.07) is 6.48. The van der Waals surface area contributed by atoms with Crippen molar-refractivity contribution >= 4 is 11.3 Å². The van der Waals surface area contributed by atoms with Crippen LogP contribution in [0.3, 0.4) is 0 Å². The van der Waals surface area contributed by atoms with E-state index in [-0.39, 0.29) is 0 Å². The lowest BCUT2D eigenvalue weighted by molar-refractivity contribution is 0.272. The van der Waals surface area contributed by atoms with Crippen molar-refractivity contribution in [2.24, 2.45) is 0 Å². The monoisotopic (exact) mass is 278 g/mol. The van der Waals surface area contributed by atoms with E-state index in [1.807, 2.05) is 25.3 Å². The van der Waals surface area contributed by atoms with Gasteiger partial charge in [-0.2, -0.15) is 0 Å². The summed E-state index contributed by atoms with van der Waals surface area (Å²) in [5.74, 6) is 2.05. The molecule has 4 heteroatoms. The van der Waals surface area contributed by atoms with Gasteiger partial charge in [-0.25, -0.2) is 0 Å². The molecule has 2 aromatic rings. The summed E-state index contributed by atoms with van der Waals surface area (Å²) in [5.41, 5.74) is 1.30. The van der Waals surface area contributed by atoms with Gasteiger partial charge in [0, 0.05) is 23.5 Å². The molecule has 0 aliphatic carbocycles. The molecule has 0 aliphatic heterocycles. The van der Waals surface area contributed by atoms with Gasteiger partial charge >= 0.3 is 0 Å². The summed E-state index contributed by atoms with van der Waals surface area (Å²) >= 11 is 1.82. The number of rotatable bonds is 7. The van der Waals surface area contributed by atoms with Gasteiger partial charge in [-0.3, -0.25) is 4.90 Å². The molecule has 104 valence electrons. The summed E-state index contributed by atoms with van der Waals surface area (Å²) < 4.78 is 5.75. The lowest BCUT2D eigenvalue weighted by Gasteiger charge is -2.19. The Morgan fingerprint density at radius 1 is 1.37 bits per heavy atom. The smallest absolute Gasteiger partial charge is 0.118 e. The Balaban J connectivity index is 2.01. The van der Waals surface area contributed by atoms with Gasteiger partial charge in [-0.15, -0.1) is 11.3 Å². The number of hydrogen-bond donors (Lipinski definition) is 1. The van der Waals surface area contributed by atoms with Crippen LogP contribution in [0.25, 0.3) is 0 Å². The predicted molar refractivity (Wildman–Crippen MR) is 80.3 cm³/mol. The molecule has 2 aromatic heterocycles. The fourth-order valence-electron chi connectivity index (χ4n) is 2.15. The summed E-state index contributed by atoms with van der Waals surface area (Å²) in [7, 11) is 1.94. The molecule has 0 radical (unpaired) electrons. The Labute approximate surface area is 119 Å². The van der Waals surface area contributed by atoms with Gasteiger partial charge in [-0.1, -0.05) is 13.0 Å². The standard InChI is InChI=1S/C15H22N2OS/c1-4-17(11-15-6-5-7-19-15)10-13-8-14(9-16-3)18-12(13)2/h5-8,16H,4,9-11H2,1-3H3. The summed E-state index contributed by atoms with van der Waals surface area (Å²) in [4.78, 5) is 3.85. The SMILES string of the molecule is CCN(Cc1cccs1)Cc1cc(CNC)oc1C. The number of nitrogens with one attached hydrogen (secondary N) is 1. The van der Waals surface area contributed by atoms with E-state index in [0.29, 0.717) is 0 Å². The van der Waals surface area contributed by atoms with Crippen molar-refractivity contribution in [3.63, 3.8) is 0 Å². The molecule has 0 aliphatic rings. The number of hydrogen-bond acceptors (Lipinski definition) is 4. The fourth-order valence-corrected chi connectivity index (χ4v) is 2.90. The second kappa shape index (κ2) is 6.89. The highest BCUT2D eigenvalue weighted by Gasteiger charge is 2.11. The zero-order valence-electron chi connectivity index (χ0n) is 11.9. The molecule has 0 saturated heterocycles. The lowest BCUT2D eigenvalue weighted by Crippen LogP contribution is -2.21. The van der Waals surface area contributed by atoms with Crippen molar-refractivity contribution in [1.29, 1.82) is 0 Å². The first-order valence-electron chi connectivity index (χ1n) is 6.70. The molecular weight excluding hydrogens is 256 g/mol. The summed E-state index contributed by atoms with van der Waals surface area (Å²) in [5, 5.41) is 5.26. The van der Waals surface area contributed by atoms with Gasteiger partial charge < -0.3 is 9.73 Å². The van der Waals surface area contributed by atoms with Crippen LogP contribution in [0, 0.1) is 6.92 Å². The van der Waals surface area contributed by atoms with Crippen LogP contribution in [-0.2, 0) is 19.6 Å². The first kappa shape index (κ1) is 14.3.